The number of nitrogens with zero attached hydrogens (tertiary/aromatic N) is 2. The maximum atomic E-state index is 2.48. The summed E-state index contributed by atoms with van der Waals surface area (Å²) in [4.78, 5) is 2.43. The highest BCUT2D eigenvalue weighted by Crippen LogP contribution is 2.63. The Hall–Kier alpha value is -8.98. The molecule has 0 saturated carbocycles. The number of para-hydroxylation sites is 2. The Kier molecular flexibility index (Phi) is 8.84. The van der Waals surface area contributed by atoms with Gasteiger partial charge in [-0.3, -0.25) is 0 Å². The topological polar surface area (TPSA) is 8.17 Å². The number of hydrogen-bond donors (Lipinski definition) is 0. The predicted octanol–water partition coefficient (Wildman–Crippen LogP) is 17.6. The molecule has 2 heteroatoms. The van der Waals surface area contributed by atoms with Gasteiger partial charge in [0, 0.05) is 33.5 Å². The molecule has 12 aromatic rings. The quantitative estimate of drug-likeness (QED) is 0.155. The molecule has 2 aliphatic rings. The molecule has 0 amide bonds. The molecular weight excluding hydrogens is 833 g/mol. The molecule has 322 valence electrons. The second kappa shape index (κ2) is 15.6. The van der Waals surface area contributed by atoms with Crippen LogP contribution in [0.2, 0.25) is 0 Å². The van der Waals surface area contributed by atoms with Crippen molar-refractivity contribution < 1.29 is 0 Å². The summed E-state index contributed by atoms with van der Waals surface area (Å²) >= 11 is 0. The molecule has 0 aliphatic heterocycles. The van der Waals surface area contributed by atoms with Gasteiger partial charge in [-0.15, -0.1) is 0 Å². The van der Waals surface area contributed by atoms with Gasteiger partial charge in [0.1, 0.15) is 0 Å². The first-order chi connectivity index (χ1) is 34.2. The van der Waals surface area contributed by atoms with Crippen molar-refractivity contribution in [2.45, 2.75) is 5.41 Å². The van der Waals surface area contributed by atoms with E-state index in [1.165, 1.54) is 99.7 Å². The summed E-state index contributed by atoms with van der Waals surface area (Å²) in [6.45, 7) is 0. The van der Waals surface area contributed by atoms with E-state index in [-0.39, 0.29) is 0 Å². The van der Waals surface area contributed by atoms with Crippen LogP contribution >= 0.6 is 0 Å². The number of aromatic nitrogens is 1. The van der Waals surface area contributed by atoms with Crippen molar-refractivity contribution in [2.75, 3.05) is 4.90 Å². The Morgan fingerprint density at radius 3 is 1.33 bits per heavy atom. The highest BCUT2D eigenvalue weighted by atomic mass is 15.1. The van der Waals surface area contributed by atoms with Crippen LogP contribution in [0.25, 0.3) is 83.1 Å². The predicted molar refractivity (Wildman–Crippen MR) is 288 cm³/mol. The molecule has 11 aromatic carbocycles. The van der Waals surface area contributed by atoms with Crippen LogP contribution in [-0.2, 0) is 5.41 Å². The van der Waals surface area contributed by atoms with Crippen molar-refractivity contribution in [3.8, 4) is 61.3 Å². The van der Waals surface area contributed by atoms with Crippen molar-refractivity contribution >= 4 is 38.9 Å². The van der Waals surface area contributed by atoms with Gasteiger partial charge >= 0.3 is 0 Å². The summed E-state index contributed by atoms with van der Waals surface area (Å²) in [5.41, 5.74) is 24.1. The van der Waals surface area contributed by atoms with E-state index in [2.05, 4.69) is 276 Å². The molecular formula is C67H44N2. The molecule has 69 heavy (non-hydrogen) atoms. The number of rotatable bonds is 7. The molecule has 0 saturated heterocycles. The SMILES string of the molecule is c1ccc(-c2ccc(N(c3ccc(-c4cccc(-c5ccc6c7ccccc7n(-c7ccccc7)c6c5)c4)cc3)c3ccc4c(c3)C3(c5ccccc5-c5ccccc53)c3ccccc3-4)cc2)cc1. The summed E-state index contributed by atoms with van der Waals surface area (Å²) in [7, 11) is 0. The van der Waals surface area contributed by atoms with Gasteiger partial charge < -0.3 is 9.47 Å². The lowest BCUT2D eigenvalue weighted by Crippen LogP contribution is -2.26. The second-order valence-electron chi connectivity index (χ2n) is 18.4. The van der Waals surface area contributed by atoms with Gasteiger partial charge in [-0.05, 0) is 145 Å². The molecule has 2 nitrogen and oxygen atoms in total. The van der Waals surface area contributed by atoms with Crippen LogP contribution in [0.5, 0.6) is 0 Å². The lowest BCUT2D eigenvalue weighted by Gasteiger charge is -2.32. The van der Waals surface area contributed by atoms with Crippen molar-refractivity contribution in [2.24, 2.45) is 0 Å². The average Bonchev–Trinajstić information content (AvgIpc) is 4.03. The molecule has 1 aromatic heterocycles. The Labute approximate surface area is 402 Å². The third-order valence-corrected chi connectivity index (χ3v) is 14.8. The lowest BCUT2D eigenvalue weighted by molar-refractivity contribution is 0.793. The largest absolute Gasteiger partial charge is 0.310 e. The molecule has 0 unspecified atom stereocenters. The van der Waals surface area contributed by atoms with Crippen LogP contribution in [0.15, 0.2) is 267 Å². The van der Waals surface area contributed by atoms with E-state index in [0.717, 1.165) is 22.7 Å². The molecule has 0 N–H and O–H groups in total. The van der Waals surface area contributed by atoms with E-state index in [4.69, 9.17) is 0 Å². The Morgan fingerprint density at radius 1 is 0.261 bits per heavy atom. The van der Waals surface area contributed by atoms with Crippen molar-refractivity contribution in [1.82, 2.24) is 4.57 Å². The molecule has 0 radical (unpaired) electrons. The first kappa shape index (κ1) is 39.2. The molecule has 0 fully saturated rings. The second-order valence-corrected chi connectivity index (χ2v) is 18.4. The van der Waals surface area contributed by atoms with Crippen LogP contribution in [-0.4, -0.2) is 4.57 Å². The first-order valence-electron chi connectivity index (χ1n) is 23.9. The summed E-state index contributed by atoms with van der Waals surface area (Å²) in [5.74, 6) is 0. The van der Waals surface area contributed by atoms with Crippen LogP contribution in [0.3, 0.4) is 0 Å². The maximum absolute atomic E-state index is 2.48. The number of benzene rings is 11. The van der Waals surface area contributed by atoms with Gasteiger partial charge in [0.2, 0.25) is 0 Å². The fraction of sp³-hybridized carbons (Fsp3) is 0.0149. The Bertz CT molecular complexity index is 3870. The van der Waals surface area contributed by atoms with Gasteiger partial charge in [-0.1, -0.05) is 200 Å². The molecule has 14 rings (SSSR count). The zero-order valence-electron chi connectivity index (χ0n) is 37.8. The van der Waals surface area contributed by atoms with E-state index < -0.39 is 5.41 Å². The van der Waals surface area contributed by atoms with Crippen molar-refractivity contribution in [1.29, 1.82) is 0 Å². The Morgan fingerprint density at radius 2 is 0.696 bits per heavy atom. The summed E-state index contributed by atoms with van der Waals surface area (Å²) < 4.78 is 2.39. The minimum atomic E-state index is -0.435. The van der Waals surface area contributed by atoms with Gasteiger partial charge in [0.05, 0.1) is 16.4 Å². The van der Waals surface area contributed by atoms with E-state index in [1.54, 1.807) is 0 Å². The van der Waals surface area contributed by atoms with Crippen LogP contribution < -0.4 is 4.90 Å². The normalized spacial score (nSPS) is 12.8. The monoisotopic (exact) mass is 876 g/mol. The smallest absolute Gasteiger partial charge is 0.0726 e. The van der Waals surface area contributed by atoms with Gasteiger partial charge in [-0.25, -0.2) is 0 Å². The highest BCUT2D eigenvalue weighted by molar-refractivity contribution is 6.10. The molecule has 1 heterocycles. The van der Waals surface area contributed by atoms with Crippen LogP contribution in [0.4, 0.5) is 17.1 Å². The summed E-state index contributed by atoms with van der Waals surface area (Å²) in [6, 6.07) is 98.4. The zero-order chi connectivity index (χ0) is 45.5. The van der Waals surface area contributed by atoms with Crippen molar-refractivity contribution in [3.63, 3.8) is 0 Å². The summed E-state index contributed by atoms with van der Waals surface area (Å²) in [6.07, 6.45) is 0. The third-order valence-electron chi connectivity index (χ3n) is 14.8. The molecule has 0 bridgehead atoms. The van der Waals surface area contributed by atoms with Gasteiger partial charge in [0.25, 0.3) is 0 Å². The first-order valence-corrected chi connectivity index (χ1v) is 23.9. The Balaban J connectivity index is 0.885. The minimum Gasteiger partial charge on any atom is -0.310 e. The minimum absolute atomic E-state index is 0.435. The summed E-state index contributed by atoms with van der Waals surface area (Å²) in [5, 5.41) is 2.52. The van der Waals surface area contributed by atoms with Gasteiger partial charge in [-0.2, -0.15) is 0 Å². The standard InChI is InChI=1S/C67H44N2/c1-3-16-45(17-4-1)46-30-35-52(36-31-46)68(54-39-41-58-57-24-9-13-28-63(57)67(64(58)44-54)61-26-11-7-22-55(61)56-23-8-12-27-62(56)67)53-37-32-47(33-38-53)48-18-15-19-49(42-48)50-34-40-60-59-25-10-14-29-65(59)69(66(60)43-50)51-20-5-2-6-21-51/h1-44H. The van der Waals surface area contributed by atoms with Gasteiger partial charge in [0.15, 0.2) is 0 Å². The average molecular weight is 877 g/mol. The molecule has 2 aliphatic carbocycles. The van der Waals surface area contributed by atoms with E-state index in [1.807, 2.05) is 0 Å². The fourth-order valence-corrected chi connectivity index (χ4v) is 11.8. The lowest BCUT2D eigenvalue weighted by atomic mass is 9.70. The van der Waals surface area contributed by atoms with E-state index >= 15 is 0 Å². The highest BCUT2D eigenvalue weighted by Gasteiger charge is 2.51. The molecule has 0 atom stereocenters. The van der Waals surface area contributed by atoms with E-state index in [0.29, 0.717) is 0 Å². The number of fused-ring (bicyclic) bond motifs is 13. The zero-order valence-corrected chi connectivity index (χ0v) is 37.8. The van der Waals surface area contributed by atoms with E-state index in [9.17, 15) is 0 Å². The van der Waals surface area contributed by atoms with Crippen LogP contribution in [0, 0.1) is 0 Å². The number of hydrogen-bond acceptors (Lipinski definition) is 1. The van der Waals surface area contributed by atoms with Crippen molar-refractivity contribution in [3.05, 3.63) is 289 Å². The third kappa shape index (κ3) is 5.99. The fourth-order valence-electron chi connectivity index (χ4n) is 11.8. The molecule has 1 spiro atoms. The number of anilines is 3. The van der Waals surface area contributed by atoms with Crippen LogP contribution in [0.1, 0.15) is 22.3 Å². The maximum Gasteiger partial charge on any atom is 0.0726 e.